The number of allylic oxidation sites excluding steroid dienone is 3. The molecule has 1 aliphatic carbocycles. The zero-order chi connectivity index (χ0) is 24.3. The smallest absolute Gasteiger partial charge is 0.167 e. The number of hydrogen-bond donors (Lipinski definition) is 0. The molecule has 0 saturated heterocycles. The van der Waals surface area contributed by atoms with Crippen LogP contribution in [-0.2, 0) is 9.59 Å². The van der Waals surface area contributed by atoms with Gasteiger partial charge in [0.1, 0.15) is 17.3 Å². The second kappa shape index (κ2) is 12.9. The minimum Gasteiger partial charge on any atom is -0.494 e. The second-order valence-electron chi connectivity index (χ2n) is 8.90. The van der Waals surface area contributed by atoms with E-state index < -0.39 is 5.92 Å². The number of unbranched alkanes of at least 4 members (excludes halogenated alkanes) is 2. The number of benzene rings is 2. The molecule has 0 aliphatic heterocycles. The molecule has 180 valence electrons. The van der Waals surface area contributed by atoms with Crippen molar-refractivity contribution in [2.45, 2.75) is 58.8 Å². The standard InChI is InChI=1S/C30H36O4/c1-4-6-18-33-26-14-10-23(11-15-26)8-9-24-20-28(30(22(3)31)29(32)21-24)25-12-16-27(17-13-25)34-19-7-5-2/h8-17,21,28,30H,4-7,18-20H2,1-3H3. The second-order valence-corrected chi connectivity index (χ2v) is 8.90. The molecule has 0 radical (unpaired) electrons. The van der Waals surface area contributed by atoms with E-state index in [1.165, 1.54) is 6.92 Å². The van der Waals surface area contributed by atoms with Gasteiger partial charge in [0.05, 0.1) is 19.1 Å². The maximum atomic E-state index is 12.9. The van der Waals surface area contributed by atoms with Crippen LogP contribution in [0.25, 0.3) is 6.08 Å². The fraction of sp³-hybridized carbons (Fsp3) is 0.400. The van der Waals surface area contributed by atoms with Crippen molar-refractivity contribution in [1.29, 1.82) is 0 Å². The Labute approximate surface area is 203 Å². The van der Waals surface area contributed by atoms with Crippen molar-refractivity contribution in [1.82, 2.24) is 0 Å². The molecule has 0 fully saturated rings. The van der Waals surface area contributed by atoms with Crippen molar-refractivity contribution >= 4 is 17.6 Å². The Kier molecular flexibility index (Phi) is 9.69. The molecule has 0 aromatic heterocycles. The first-order valence-electron chi connectivity index (χ1n) is 12.4. The number of hydrogen-bond acceptors (Lipinski definition) is 4. The highest BCUT2D eigenvalue weighted by molar-refractivity contribution is 6.09. The van der Waals surface area contributed by atoms with E-state index in [0.29, 0.717) is 13.0 Å². The monoisotopic (exact) mass is 460 g/mol. The summed E-state index contributed by atoms with van der Waals surface area (Å²) in [6.07, 6.45) is 10.5. The molecule has 4 nitrogen and oxygen atoms in total. The Balaban J connectivity index is 1.71. The summed E-state index contributed by atoms with van der Waals surface area (Å²) in [5.74, 6) is 0.667. The van der Waals surface area contributed by atoms with Gasteiger partial charge in [-0.1, -0.05) is 63.1 Å². The normalized spacial score (nSPS) is 18.1. The molecule has 3 rings (SSSR count). The van der Waals surface area contributed by atoms with Crippen LogP contribution in [0.5, 0.6) is 11.5 Å². The lowest BCUT2D eigenvalue weighted by Gasteiger charge is -2.28. The van der Waals surface area contributed by atoms with E-state index in [-0.39, 0.29) is 17.5 Å². The summed E-state index contributed by atoms with van der Waals surface area (Å²) in [7, 11) is 0. The van der Waals surface area contributed by atoms with Gasteiger partial charge in [-0.2, -0.15) is 0 Å². The van der Waals surface area contributed by atoms with Gasteiger partial charge in [0.15, 0.2) is 5.78 Å². The molecule has 2 aromatic carbocycles. The molecule has 2 aromatic rings. The third-order valence-electron chi connectivity index (χ3n) is 6.14. The maximum Gasteiger partial charge on any atom is 0.167 e. The summed E-state index contributed by atoms with van der Waals surface area (Å²) < 4.78 is 11.5. The first-order chi connectivity index (χ1) is 16.5. The summed E-state index contributed by atoms with van der Waals surface area (Å²) in [5.41, 5.74) is 2.96. The Morgan fingerprint density at radius 2 is 1.44 bits per heavy atom. The Morgan fingerprint density at radius 1 is 0.882 bits per heavy atom. The van der Waals surface area contributed by atoms with E-state index in [0.717, 1.165) is 60.5 Å². The van der Waals surface area contributed by atoms with Gasteiger partial charge in [-0.3, -0.25) is 9.59 Å². The molecule has 2 atom stereocenters. The van der Waals surface area contributed by atoms with Crippen LogP contribution in [-0.4, -0.2) is 24.8 Å². The van der Waals surface area contributed by atoms with Gasteiger partial charge < -0.3 is 9.47 Å². The molecule has 0 spiro atoms. The Hall–Kier alpha value is -3.14. The molecule has 1 aliphatic rings. The summed E-state index contributed by atoms with van der Waals surface area (Å²) in [6, 6.07) is 15.8. The van der Waals surface area contributed by atoms with Gasteiger partial charge in [-0.05, 0) is 73.2 Å². The minimum atomic E-state index is -0.636. The molecule has 0 saturated carbocycles. The third-order valence-corrected chi connectivity index (χ3v) is 6.14. The van der Waals surface area contributed by atoms with Crippen molar-refractivity contribution in [2.75, 3.05) is 13.2 Å². The Morgan fingerprint density at radius 3 is 1.97 bits per heavy atom. The van der Waals surface area contributed by atoms with Crippen LogP contribution in [0.1, 0.15) is 69.9 Å². The van der Waals surface area contributed by atoms with E-state index in [1.807, 2.05) is 60.7 Å². The molecule has 0 heterocycles. The van der Waals surface area contributed by atoms with Gasteiger partial charge in [-0.25, -0.2) is 0 Å². The van der Waals surface area contributed by atoms with Gasteiger partial charge in [0, 0.05) is 5.92 Å². The van der Waals surface area contributed by atoms with Crippen molar-refractivity contribution in [2.24, 2.45) is 5.92 Å². The van der Waals surface area contributed by atoms with Gasteiger partial charge in [0.25, 0.3) is 0 Å². The van der Waals surface area contributed by atoms with Crippen molar-refractivity contribution < 1.29 is 19.1 Å². The van der Waals surface area contributed by atoms with Gasteiger partial charge >= 0.3 is 0 Å². The number of ketones is 2. The summed E-state index contributed by atoms with van der Waals surface area (Å²) in [4.78, 5) is 25.2. The maximum absolute atomic E-state index is 12.9. The third kappa shape index (κ3) is 7.18. The van der Waals surface area contributed by atoms with Crippen LogP contribution in [0.3, 0.4) is 0 Å². The lowest BCUT2D eigenvalue weighted by Crippen LogP contribution is -2.31. The molecular formula is C30H36O4. The molecular weight excluding hydrogens is 424 g/mol. The predicted molar refractivity (Wildman–Crippen MR) is 137 cm³/mol. The average molecular weight is 461 g/mol. The fourth-order valence-electron chi connectivity index (χ4n) is 4.17. The lowest BCUT2D eigenvalue weighted by molar-refractivity contribution is -0.130. The van der Waals surface area contributed by atoms with E-state index in [4.69, 9.17) is 9.47 Å². The first kappa shape index (κ1) is 25.5. The topological polar surface area (TPSA) is 52.6 Å². The number of carbonyl (C=O) groups excluding carboxylic acids is 2. The highest BCUT2D eigenvalue weighted by Gasteiger charge is 2.35. The Bertz CT molecular complexity index is 999. The summed E-state index contributed by atoms with van der Waals surface area (Å²) in [5, 5.41) is 0. The number of Topliss-reactive ketones (excluding diaryl/α,β-unsaturated/α-hetero) is 1. The van der Waals surface area contributed by atoms with Crippen LogP contribution in [0.4, 0.5) is 0 Å². The fourth-order valence-corrected chi connectivity index (χ4v) is 4.17. The molecule has 0 amide bonds. The summed E-state index contributed by atoms with van der Waals surface area (Å²) >= 11 is 0. The van der Waals surface area contributed by atoms with Gasteiger partial charge in [0.2, 0.25) is 0 Å². The van der Waals surface area contributed by atoms with E-state index in [1.54, 1.807) is 6.08 Å². The molecule has 2 unspecified atom stereocenters. The average Bonchev–Trinajstić information content (AvgIpc) is 2.83. The zero-order valence-corrected chi connectivity index (χ0v) is 20.6. The zero-order valence-electron chi connectivity index (χ0n) is 20.6. The highest BCUT2D eigenvalue weighted by atomic mass is 16.5. The lowest BCUT2D eigenvalue weighted by atomic mass is 9.73. The predicted octanol–water partition coefficient (Wildman–Crippen LogP) is 6.95. The van der Waals surface area contributed by atoms with Crippen LogP contribution in [0.2, 0.25) is 0 Å². The molecule has 4 heteroatoms. The molecule has 0 bridgehead atoms. The highest BCUT2D eigenvalue weighted by Crippen LogP contribution is 2.38. The quantitative estimate of drug-likeness (QED) is 0.254. The molecule has 0 N–H and O–H groups in total. The number of carbonyl (C=O) groups is 2. The largest absolute Gasteiger partial charge is 0.494 e. The van der Waals surface area contributed by atoms with Crippen LogP contribution in [0, 0.1) is 5.92 Å². The van der Waals surface area contributed by atoms with Crippen molar-refractivity contribution in [3.05, 3.63) is 77.4 Å². The number of ether oxygens (including phenoxy) is 2. The summed E-state index contributed by atoms with van der Waals surface area (Å²) in [6.45, 7) is 7.20. The van der Waals surface area contributed by atoms with E-state index in [2.05, 4.69) is 13.8 Å². The first-order valence-corrected chi connectivity index (χ1v) is 12.4. The van der Waals surface area contributed by atoms with E-state index >= 15 is 0 Å². The van der Waals surface area contributed by atoms with Crippen LogP contribution < -0.4 is 9.47 Å². The van der Waals surface area contributed by atoms with Crippen LogP contribution >= 0.6 is 0 Å². The van der Waals surface area contributed by atoms with Gasteiger partial charge in [-0.15, -0.1) is 0 Å². The minimum absolute atomic E-state index is 0.0868. The van der Waals surface area contributed by atoms with E-state index in [9.17, 15) is 9.59 Å². The number of rotatable bonds is 12. The van der Waals surface area contributed by atoms with Crippen LogP contribution in [0.15, 0.2) is 66.3 Å². The SMILES string of the molecule is CCCCOc1ccc(C=CC2=CC(=O)C(C(C)=O)C(c3ccc(OCCCC)cc3)C2)cc1. The van der Waals surface area contributed by atoms with Crippen molar-refractivity contribution in [3.8, 4) is 11.5 Å². The van der Waals surface area contributed by atoms with Crippen molar-refractivity contribution in [3.63, 3.8) is 0 Å². The molecule has 34 heavy (non-hydrogen) atoms.